The molecule has 1 saturated heterocycles. The second-order valence-corrected chi connectivity index (χ2v) is 8.96. The molecule has 2 rings (SSSR count). The van der Waals surface area contributed by atoms with Crippen molar-refractivity contribution in [3.8, 4) is 0 Å². The Morgan fingerprint density at radius 3 is 2.15 bits per heavy atom. The number of hydrogen-bond acceptors (Lipinski definition) is 4. The first kappa shape index (κ1) is 23.9. The van der Waals surface area contributed by atoms with Crippen molar-refractivity contribution < 1.29 is 13.2 Å². The average Bonchev–Trinajstić information content (AvgIpc) is 2.67. The normalized spacial score (nSPS) is 15.8. The summed E-state index contributed by atoms with van der Waals surface area (Å²) in [6, 6.07) is 6.64. The maximum Gasteiger partial charge on any atom is 0.243 e. The van der Waals surface area contributed by atoms with Crippen LogP contribution in [0.4, 0.5) is 0 Å². The molecule has 0 radical (unpaired) electrons. The minimum Gasteiger partial charge on any atom is -0.349 e. The molecule has 1 heterocycles. The quantitative estimate of drug-likeness (QED) is 0.679. The van der Waals surface area contributed by atoms with Crippen LogP contribution in [-0.4, -0.2) is 43.8 Å². The number of carbonyl (C=O) groups is 1. The zero-order valence-electron chi connectivity index (χ0n) is 16.2. The molecule has 1 aliphatic rings. The highest BCUT2D eigenvalue weighted by Gasteiger charge is 2.27. The molecule has 1 aromatic rings. The van der Waals surface area contributed by atoms with Gasteiger partial charge in [0, 0.05) is 19.6 Å². The van der Waals surface area contributed by atoms with Gasteiger partial charge in [-0.1, -0.05) is 32.4 Å². The lowest BCUT2D eigenvalue weighted by atomic mass is 9.92. The van der Waals surface area contributed by atoms with E-state index >= 15 is 0 Å². The van der Waals surface area contributed by atoms with Gasteiger partial charge in [-0.25, -0.2) is 8.42 Å². The molecule has 154 valence electrons. The Bertz CT molecular complexity index is 689. The van der Waals surface area contributed by atoms with Crippen LogP contribution in [0.2, 0.25) is 0 Å². The minimum atomic E-state index is -3.43. The lowest BCUT2D eigenvalue weighted by Crippen LogP contribution is -2.53. The van der Waals surface area contributed by atoms with Gasteiger partial charge in [-0.2, -0.15) is 4.31 Å². The van der Waals surface area contributed by atoms with Gasteiger partial charge in [-0.15, -0.1) is 12.4 Å². The number of hydrogen-bond donors (Lipinski definition) is 2. The van der Waals surface area contributed by atoms with Gasteiger partial charge in [-0.3, -0.25) is 4.79 Å². The fourth-order valence-corrected chi connectivity index (χ4v) is 4.84. The Morgan fingerprint density at radius 2 is 1.67 bits per heavy atom. The summed E-state index contributed by atoms with van der Waals surface area (Å²) < 4.78 is 26.9. The maximum absolute atomic E-state index is 12.7. The molecule has 0 aromatic heterocycles. The molecule has 1 aromatic carbocycles. The molecular weight excluding hydrogens is 386 g/mol. The second kappa shape index (κ2) is 10.4. The van der Waals surface area contributed by atoms with Crippen molar-refractivity contribution in [2.75, 3.05) is 19.6 Å². The molecule has 0 aliphatic carbocycles. The van der Waals surface area contributed by atoms with E-state index in [0.29, 0.717) is 24.5 Å². The summed E-state index contributed by atoms with van der Waals surface area (Å²) in [4.78, 5) is 12.6. The highest BCUT2D eigenvalue weighted by atomic mass is 35.5. The van der Waals surface area contributed by atoms with Crippen LogP contribution in [0.5, 0.6) is 0 Å². The molecule has 1 fully saturated rings. The minimum absolute atomic E-state index is 0. The van der Waals surface area contributed by atoms with Gasteiger partial charge in [0.05, 0.1) is 16.9 Å². The van der Waals surface area contributed by atoms with Crippen LogP contribution < -0.4 is 11.1 Å². The van der Waals surface area contributed by atoms with E-state index in [1.807, 2.05) is 13.8 Å². The Morgan fingerprint density at radius 1 is 1.11 bits per heavy atom. The smallest absolute Gasteiger partial charge is 0.243 e. The van der Waals surface area contributed by atoms with Crippen LogP contribution in [0.15, 0.2) is 29.2 Å². The highest BCUT2D eigenvalue weighted by Crippen LogP contribution is 2.21. The molecule has 8 heteroatoms. The van der Waals surface area contributed by atoms with E-state index < -0.39 is 10.0 Å². The zero-order valence-corrected chi connectivity index (χ0v) is 17.9. The fraction of sp³-hybridized carbons (Fsp3) is 0.632. The van der Waals surface area contributed by atoms with E-state index in [1.165, 1.54) is 0 Å². The van der Waals surface area contributed by atoms with Crippen LogP contribution in [0, 0.1) is 0 Å². The van der Waals surface area contributed by atoms with E-state index in [-0.39, 0.29) is 30.3 Å². The van der Waals surface area contributed by atoms with Crippen molar-refractivity contribution >= 4 is 28.3 Å². The van der Waals surface area contributed by atoms with Gasteiger partial charge in [0.25, 0.3) is 0 Å². The number of halogens is 1. The highest BCUT2D eigenvalue weighted by molar-refractivity contribution is 7.89. The Balaban J connectivity index is 0.00000364. The maximum atomic E-state index is 12.7. The summed E-state index contributed by atoms with van der Waals surface area (Å²) in [7, 11) is -3.43. The monoisotopic (exact) mass is 417 g/mol. The Kier molecular flexibility index (Phi) is 9.21. The molecule has 0 spiro atoms. The molecule has 0 bridgehead atoms. The average molecular weight is 418 g/mol. The number of rotatable bonds is 8. The molecule has 3 N–H and O–H groups in total. The van der Waals surface area contributed by atoms with E-state index in [9.17, 15) is 13.2 Å². The van der Waals surface area contributed by atoms with Crippen molar-refractivity contribution in [3.63, 3.8) is 0 Å². The summed E-state index contributed by atoms with van der Waals surface area (Å²) >= 11 is 0. The standard InChI is InChI=1S/C19H31N3O3S.ClH/c1-3-19(4-2,15-20)21-18(23)14-16-8-10-17(11-9-16)26(24,25)22-12-6-5-7-13-22;/h8-11H,3-7,12-15,20H2,1-2H3,(H,21,23);1H. The molecule has 0 saturated carbocycles. The zero-order chi connectivity index (χ0) is 19.2. The molecule has 1 aliphatic heterocycles. The SMILES string of the molecule is CCC(CC)(CN)NC(=O)Cc1ccc(S(=O)(=O)N2CCCCC2)cc1.Cl. The summed E-state index contributed by atoms with van der Waals surface area (Å²) in [6.07, 6.45) is 4.67. The van der Waals surface area contributed by atoms with Gasteiger partial charge in [0.1, 0.15) is 0 Å². The molecular formula is C19H32ClN3O3S. The van der Waals surface area contributed by atoms with Crippen LogP contribution in [0.25, 0.3) is 0 Å². The number of benzene rings is 1. The molecule has 0 unspecified atom stereocenters. The fourth-order valence-electron chi connectivity index (χ4n) is 3.33. The molecule has 27 heavy (non-hydrogen) atoms. The molecule has 1 amide bonds. The van der Waals surface area contributed by atoms with Crippen LogP contribution in [-0.2, 0) is 21.2 Å². The third-order valence-electron chi connectivity index (χ3n) is 5.39. The van der Waals surface area contributed by atoms with Crippen LogP contribution >= 0.6 is 12.4 Å². The third-order valence-corrected chi connectivity index (χ3v) is 7.30. The number of nitrogens with one attached hydrogen (secondary N) is 1. The first-order valence-electron chi connectivity index (χ1n) is 9.47. The molecule has 6 nitrogen and oxygen atoms in total. The second-order valence-electron chi connectivity index (χ2n) is 7.03. The van der Waals surface area contributed by atoms with Gasteiger partial charge >= 0.3 is 0 Å². The summed E-state index contributed by atoms with van der Waals surface area (Å²) in [6.45, 7) is 5.59. The van der Waals surface area contributed by atoms with Gasteiger partial charge < -0.3 is 11.1 Å². The number of sulfonamides is 1. The topological polar surface area (TPSA) is 92.5 Å². The van der Waals surface area contributed by atoms with Crippen molar-refractivity contribution in [3.05, 3.63) is 29.8 Å². The summed E-state index contributed by atoms with van der Waals surface area (Å²) in [5.41, 5.74) is 6.25. The lowest BCUT2D eigenvalue weighted by Gasteiger charge is -2.31. The van der Waals surface area contributed by atoms with Gasteiger partial charge in [0.15, 0.2) is 0 Å². The van der Waals surface area contributed by atoms with Crippen molar-refractivity contribution in [2.24, 2.45) is 5.73 Å². The number of carbonyl (C=O) groups excluding carboxylic acids is 1. The van der Waals surface area contributed by atoms with Crippen molar-refractivity contribution in [2.45, 2.75) is 62.8 Å². The van der Waals surface area contributed by atoms with E-state index in [2.05, 4.69) is 5.32 Å². The third kappa shape index (κ3) is 5.91. The number of amides is 1. The summed E-state index contributed by atoms with van der Waals surface area (Å²) in [5.74, 6) is -0.0919. The van der Waals surface area contributed by atoms with Crippen LogP contribution in [0.3, 0.4) is 0 Å². The van der Waals surface area contributed by atoms with Crippen molar-refractivity contribution in [1.29, 1.82) is 0 Å². The van der Waals surface area contributed by atoms with Crippen LogP contribution in [0.1, 0.15) is 51.5 Å². The first-order chi connectivity index (χ1) is 12.4. The largest absolute Gasteiger partial charge is 0.349 e. The lowest BCUT2D eigenvalue weighted by molar-refractivity contribution is -0.122. The van der Waals surface area contributed by atoms with Gasteiger partial charge in [0.2, 0.25) is 15.9 Å². The molecule has 0 atom stereocenters. The van der Waals surface area contributed by atoms with Gasteiger partial charge in [-0.05, 0) is 43.4 Å². The number of nitrogens with zero attached hydrogens (tertiary/aromatic N) is 1. The predicted molar refractivity (Wildman–Crippen MR) is 111 cm³/mol. The number of nitrogens with two attached hydrogens (primary N) is 1. The predicted octanol–water partition coefficient (Wildman–Crippen LogP) is 2.46. The van der Waals surface area contributed by atoms with E-state index in [4.69, 9.17) is 5.73 Å². The van der Waals surface area contributed by atoms with E-state index in [0.717, 1.165) is 37.7 Å². The number of piperidine rings is 1. The Labute approximate surface area is 169 Å². The Hall–Kier alpha value is -1.15. The van der Waals surface area contributed by atoms with E-state index in [1.54, 1.807) is 28.6 Å². The summed E-state index contributed by atoms with van der Waals surface area (Å²) in [5, 5.41) is 3.03. The van der Waals surface area contributed by atoms with Crippen molar-refractivity contribution in [1.82, 2.24) is 9.62 Å². The first-order valence-corrected chi connectivity index (χ1v) is 10.9.